The molecule has 38 heavy (non-hydrogen) atoms. The maximum atomic E-state index is 14.0. The Bertz CT molecular complexity index is 1220. The molecule has 2 heterocycles. The molecule has 10 heteroatoms. The van der Waals surface area contributed by atoms with Crippen molar-refractivity contribution >= 4 is 30.3 Å². The summed E-state index contributed by atoms with van der Waals surface area (Å²) in [4.78, 5) is 47.8. The van der Waals surface area contributed by atoms with Crippen molar-refractivity contribution < 1.29 is 19.1 Å². The number of H-pyrrole nitrogens is 1. The second-order valence-corrected chi connectivity index (χ2v) is 8.59. The molecule has 3 N–H and O–H groups in total. The number of ether oxygens (including phenoxy) is 1. The van der Waals surface area contributed by atoms with Crippen LogP contribution in [0.2, 0.25) is 0 Å². The van der Waals surface area contributed by atoms with E-state index in [0.717, 1.165) is 11.1 Å². The highest BCUT2D eigenvalue weighted by Gasteiger charge is 2.41. The first-order chi connectivity index (χ1) is 18.1. The van der Waals surface area contributed by atoms with E-state index in [9.17, 15) is 14.4 Å². The Labute approximate surface area is 227 Å². The molecule has 1 saturated heterocycles. The van der Waals surface area contributed by atoms with E-state index in [-0.39, 0.29) is 30.8 Å². The summed E-state index contributed by atoms with van der Waals surface area (Å²) in [6, 6.07) is 17.4. The van der Waals surface area contributed by atoms with Crippen LogP contribution in [0.15, 0.2) is 73.2 Å². The van der Waals surface area contributed by atoms with Gasteiger partial charge in [0.1, 0.15) is 17.8 Å². The van der Waals surface area contributed by atoms with Gasteiger partial charge in [-0.1, -0.05) is 66.6 Å². The summed E-state index contributed by atoms with van der Waals surface area (Å²) in [5, 5.41) is 5.55. The molecule has 0 saturated carbocycles. The predicted octanol–water partition coefficient (Wildman–Crippen LogP) is 2.85. The normalized spacial score (nSPS) is 15.0. The highest BCUT2D eigenvalue weighted by atomic mass is 35.5. The van der Waals surface area contributed by atoms with Crippen LogP contribution < -0.4 is 10.6 Å². The van der Waals surface area contributed by atoms with E-state index in [1.807, 2.05) is 60.7 Å². The molecule has 3 aromatic rings. The number of nitrogens with one attached hydrogen (secondary N) is 3. The summed E-state index contributed by atoms with van der Waals surface area (Å²) in [6.45, 7) is 0.545. The summed E-state index contributed by atoms with van der Waals surface area (Å²) in [7, 11) is 1.26. The van der Waals surface area contributed by atoms with E-state index in [1.54, 1.807) is 11.1 Å². The van der Waals surface area contributed by atoms with Crippen molar-refractivity contribution in [3.63, 3.8) is 0 Å². The van der Waals surface area contributed by atoms with Gasteiger partial charge in [-0.15, -0.1) is 12.4 Å². The Balaban J connectivity index is 0.00000400. The van der Waals surface area contributed by atoms with Gasteiger partial charge in [0.15, 0.2) is 0 Å². The molecule has 0 radical (unpaired) electrons. The lowest BCUT2D eigenvalue weighted by atomic mass is 9.84. The zero-order valence-corrected chi connectivity index (χ0v) is 21.7. The van der Waals surface area contributed by atoms with E-state index in [2.05, 4.69) is 32.4 Å². The minimum absolute atomic E-state index is 0. The van der Waals surface area contributed by atoms with Gasteiger partial charge >= 0.3 is 6.09 Å². The van der Waals surface area contributed by atoms with E-state index >= 15 is 0 Å². The predicted molar refractivity (Wildman–Crippen MR) is 145 cm³/mol. The van der Waals surface area contributed by atoms with Gasteiger partial charge in [0.2, 0.25) is 11.8 Å². The molecule has 1 aromatic heterocycles. The number of carbonyl (C=O) groups is 3. The van der Waals surface area contributed by atoms with Gasteiger partial charge in [0.25, 0.3) is 0 Å². The minimum atomic E-state index is -0.981. The molecule has 0 spiro atoms. The maximum absolute atomic E-state index is 14.0. The molecular formula is C28H30ClN5O4. The fourth-order valence-electron chi connectivity index (χ4n) is 4.57. The smallest absolute Gasteiger partial charge is 0.407 e. The average molecular weight is 536 g/mol. The third-order valence-corrected chi connectivity index (χ3v) is 6.29. The van der Waals surface area contributed by atoms with Crippen molar-refractivity contribution in [3.8, 4) is 11.8 Å². The molecule has 3 amide bonds. The summed E-state index contributed by atoms with van der Waals surface area (Å²) < 4.78 is 4.86. The second-order valence-electron chi connectivity index (χ2n) is 8.59. The number of aromatic amines is 1. The van der Waals surface area contributed by atoms with Gasteiger partial charge in [-0.2, -0.15) is 0 Å². The van der Waals surface area contributed by atoms with Gasteiger partial charge in [-0.05, 0) is 29.9 Å². The summed E-state index contributed by atoms with van der Waals surface area (Å²) >= 11 is 0. The van der Waals surface area contributed by atoms with Crippen molar-refractivity contribution in [3.05, 3.63) is 90.0 Å². The van der Waals surface area contributed by atoms with Crippen LogP contribution in [0.4, 0.5) is 4.79 Å². The van der Waals surface area contributed by atoms with E-state index in [4.69, 9.17) is 4.74 Å². The van der Waals surface area contributed by atoms with Gasteiger partial charge < -0.3 is 25.3 Å². The lowest BCUT2D eigenvalue weighted by Gasteiger charge is -2.33. The first-order valence-electron chi connectivity index (χ1n) is 12.1. The molecule has 0 unspecified atom stereocenters. The topological polar surface area (TPSA) is 116 Å². The van der Waals surface area contributed by atoms with Crippen LogP contribution in [0.1, 0.15) is 35.6 Å². The first-order valence-corrected chi connectivity index (χ1v) is 12.1. The standard InChI is InChI=1S/C28H29N5O4.ClH/c1-37-28(36)32-25(24(20-10-4-2-5-11-20)21-12-6-3-7-13-21)27(35)33-17-9-15-23(33)26(34)30-16-8-14-22-18-29-19-31-22;/h2-7,10-13,18-19,23-25H,9,15-17H2,1H3,(H,29,31)(H,30,34)(H,32,36);1H/t23-,25+;/m0./s1. The van der Waals surface area contributed by atoms with Crippen molar-refractivity contribution in [1.82, 2.24) is 25.5 Å². The number of likely N-dealkylation sites (tertiary alicyclic amines) is 1. The molecule has 1 fully saturated rings. The number of benzene rings is 2. The Morgan fingerprint density at radius 2 is 1.76 bits per heavy atom. The first kappa shape index (κ1) is 28.3. The number of aromatic nitrogens is 2. The Morgan fingerprint density at radius 1 is 1.11 bits per heavy atom. The monoisotopic (exact) mass is 535 g/mol. The van der Waals surface area contributed by atoms with Crippen molar-refractivity contribution in [2.75, 3.05) is 20.2 Å². The molecule has 1 aliphatic heterocycles. The fourth-order valence-corrected chi connectivity index (χ4v) is 4.57. The SMILES string of the molecule is COC(=O)N[C@@H](C(=O)N1CCC[C@H]1C(=O)NCC#Cc1cnc[nH]1)C(c1ccccc1)c1ccccc1.Cl. The number of methoxy groups -OCH3 is 1. The number of rotatable bonds is 7. The lowest BCUT2D eigenvalue weighted by molar-refractivity contribution is -0.140. The lowest BCUT2D eigenvalue weighted by Crippen LogP contribution is -2.55. The van der Waals surface area contributed by atoms with Crippen LogP contribution in [-0.4, -0.2) is 65.1 Å². The molecule has 198 valence electrons. The highest BCUT2D eigenvalue weighted by molar-refractivity contribution is 5.93. The van der Waals surface area contributed by atoms with Crippen molar-refractivity contribution in [1.29, 1.82) is 0 Å². The largest absolute Gasteiger partial charge is 0.453 e. The van der Waals surface area contributed by atoms with Crippen LogP contribution in [-0.2, 0) is 14.3 Å². The second kappa shape index (κ2) is 13.9. The van der Waals surface area contributed by atoms with Crippen molar-refractivity contribution in [2.45, 2.75) is 30.8 Å². The molecule has 9 nitrogen and oxygen atoms in total. The quantitative estimate of drug-likeness (QED) is 0.402. The van der Waals surface area contributed by atoms with E-state index in [0.29, 0.717) is 25.1 Å². The number of nitrogens with zero attached hydrogens (tertiary/aromatic N) is 2. The van der Waals surface area contributed by atoms with Crippen LogP contribution in [0.5, 0.6) is 0 Å². The Kier molecular flexibility index (Phi) is 10.3. The summed E-state index contributed by atoms with van der Waals surface area (Å²) in [5.41, 5.74) is 2.37. The zero-order valence-electron chi connectivity index (χ0n) is 20.9. The Hall–Kier alpha value is -4.29. The molecule has 4 rings (SSSR count). The number of halogens is 1. The van der Waals surface area contributed by atoms with E-state index in [1.165, 1.54) is 13.4 Å². The molecule has 2 atom stereocenters. The van der Waals surface area contributed by atoms with Crippen LogP contribution >= 0.6 is 12.4 Å². The fraction of sp³-hybridized carbons (Fsp3) is 0.286. The minimum Gasteiger partial charge on any atom is -0.453 e. The van der Waals surface area contributed by atoms with E-state index < -0.39 is 24.1 Å². The number of hydrogen-bond donors (Lipinski definition) is 3. The molecule has 0 aliphatic carbocycles. The van der Waals surface area contributed by atoms with Gasteiger partial charge in [0.05, 0.1) is 26.2 Å². The molecule has 2 aromatic carbocycles. The zero-order chi connectivity index (χ0) is 26.0. The third kappa shape index (κ3) is 6.93. The number of hydrogen-bond acceptors (Lipinski definition) is 5. The summed E-state index contributed by atoms with van der Waals surface area (Å²) in [6.07, 6.45) is 3.61. The Morgan fingerprint density at radius 3 is 2.34 bits per heavy atom. The molecule has 1 aliphatic rings. The third-order valence-electron chi connectivity index (χ3n) is 6.29. The van der Waals surface area contributed by atoms with Gasteiger partial charge in [-0.25, -0.2) is 9.78 Å². The number of imidazole rings is 1. The van der Waals surface area contributed by atoms with Gasteiger partial charge in [0, 0.05) is 12.5 Å². The highest BCUT2D eigenvalue weighted by Crippen LogP contribution is 2.31. The van der Waals surface area contributed by atoms with Crippen LogP contribution in [0.3, 0.4) is 0 Å². The number of amides is 3. The molecule has 0 bridgehead atoms. The maximum Gasteiger partial charge on any atom is 0.407 e. The summed E-state index contributed by atoms with van der Waals surface area (Å²) in [5.74, 6) is 4.64. The number of alkyl carbamates (subject to hydrolysis) is 1. The van der Waals surface area contributed by atoms with Crippen LogP contribution in [0.25, 0.3) is 0 Å². The van der Waals surface area contributed by atoms with Gasteiger partial charge in [-0.3, -0.25) is 9.59 Å². The van der Waals surface area contributed by atoms with Crippen LogP contribution in [0, 0.1) is 11.8 Å². The van der Waals surface area contributed by atoms with Crippen molar-refractivity contribution in [2.24, 2.45) is 0 Å². The number of carbonyl (C=O) groups excluding carboxylic acids is 3. The average Bonchev–Trinajstić information content (AvgIpc) is 3.64. The molecular weight excluding hydrogens is 506 g/mol.